The number of aryl methyl sites for hydroxylation is 1. The summed E-state index contributed by atoms with van der Waals surface area (Å²) in [6.45, 7) is 7.60. The van der Waals surface area contributed by atoms with Gasteiger partial charge in [-0.1, -0.05) is 6.07 Å². The first-order chi connectivity index (χ1) is 11.7. The van der Waals surface area contributed by atoms with Gasteiger partial charge in [0.05, 0.1) is 25.0 Å². The molecule has 6 nitrogen and oxygen atoms in total. The largest absolute Gasteiger partial charge is 0.467 e. The fourth-order valence-corrected chi connectivity index (χ4v) is 2.86. The van der Waals surface area contributed by atoms with Crippen molar-refractivity contribution in [3.8, 4) is 0 Å². The number of nitrogens with zero attached hydrogens (tertiary/aromatic N) is 3. The predicted octanol–water partition coefficient (Wildman–Crippen LogP) is 1.42. The fourth-order valence-electron chi connectivity index (χ4n) is 2.86. The molecule has 0 aromatic carbocycles. The molecule has 2 aromatic heterocycles. The number of piperazine rings is 1. The van der Waals surface area contributed by atoms with Crippen LogP contribution < -0.4 is 5.32 Å². The number of carbonyl (C=O) groups excluding carboxylic acids is 1. The first kappa shape index (κ1) is 16.7. The molecule has 1 N–H and O–H groups in total. The number of furan rings is 1. The Kier molecular flexibility index (Phi) is 5.61. The summed E-state index contributed by atoms with van der Waals surface area (Å²) < 4.78 is 5.21. The molecule has 0 saturated carbocycles. The predicted molar refractivity (Wildman–Crippen MR) is 91.2 cm³/mol. The van der Waals surface area contributed by atoms with Crippen molar-refractivity contribution in [3.05, 3.63) is 53.7 Å². The summed E-state index contributed by atoms with van der Waals surface area (Å²) in [6.07, 6.45) is 3.46. The summed E-state index contributed by atoms with van der Waals surface area (Å²) in [5.41, 5.74) is 2.37. The molecule has 24 heavy (non-hydrogen) atoms. The van der Waals surface area contributed by atoms with Crippen molar-refractivity contribution in [1.29, 1.82) is 0 Å². The maximum Gasteiger partial charge on any atom is 0.234 e. The van der Waals surface area contributed by atoms with E-state index in [1.54, 1.807) is 6.26 Å². The van der Waals surface area contributed by atoms with Crippen molar-refractivity contribution in [2.75, 3.05) is 32.7 Å². The normalized spacial score (nSPS) is 16.2. The maximum atomic E-state index is 12.0. The molecule has 0 aliphatic carbocycles. The van der Waals surface area contributed by atoms with E-state index in [2.05, 4.69) is 33.1 Å². The molecule has 2 aromatic rings. The van der Waals surface area contributed by atoms with Crippen LogP contribution >= 0.6 is 0 Å². The third-order valence-electron chi connectivity index (χ3n) is 4.36. The minimum Gasteiger partial charge on any atom is -0.467 e. The first-order valence-corrected chi connectivity index (χ1v) is 8.35. The van der Waals surface area contributed by atoms with Crippen LogP contribution in [0.2, 0.25) is 0 Å². The van der Waals surface area contributed by atoms with Gasteiger partial charge in [-0.25, -0.2) is 0 Å². The van der Waals surface area contributed by atoms with Gasteiger partial charge < -0.3 is 9.73 Å². The van der Waals surface area contributed by atoms with E-state index >= 15 is 0 Å². The summed E-state index contributed by atoms with van der Waals surface area (Å²) in [6, 6.07) is 7.75. The molecule has 1 aliphatic rings. The Morgan fingerprint density at radius 1 is 1.21 bits per heavy atom. The van der Waals surface area contributed by atoms with Gasteiger partial charge in [-0.05, 0) is 30.7 Å². The first-order valence-electron chi connectivity index (χ1n) is 8.35. The van der Waals surface area contributed by atoms with Gasteiger partial charge in [0.2, 0.25) is 5.91 Å². The second-order valence-corrected chi connectivity index (χ2v) is 6.18. The van der Waals surface area contributed by atoms with Gasteiger partial charge in [0.25, 0.3) is 0 Å². The monoisotopic (exact) mass is 328 g/mol. The Balaban J connectivity index is 1.39. The Bertz CT molecular complexity index is 649. The highest BCUT2D eigenvalue weighted by atomic mass is 16.3. The molecule has 1 aliphatic heterocycles. The average molecular weight is 328 g/mol. The standard InChI is InChI=1S/C18H24N4O2/c1-15-4-2-6-19-17(15)13-21-7-9-22(10-8-21)14-18(23)20-12-16-5-3-11-24-16/h2-6,11H,7-10,12-14H2,1H3,(H,20,23). The van der Waals surface area contributed by atoms with Crippen LogP contribution in [0.25, 0.3) is 0 Å². The summed E-state index contributed by atoms with van der Waals surface area (Å²) in [5.74, 6) is 0.819. The molecule has 1 fully saturated rings. The number of aromatic nitrogens is 1. The highest BCUT2D eigenvalue weighted by molar-refractivity contribution is 5.77. The molecule has 1 amide bonds. The van der Waals surface area contributed by atoms with E-state index in [0.29, 0.717) is 13.1 Å². The second kappa shape index (κ2) is 8.08. The third kappa shape index (κ3) is 4.66. The van der Waals surface area contributed by atoms with Crippen molar-refractivity contribution in [1.82, 2.24) is 20.1 Å². The van der Waals surface area contributed by atoms with Crippen LogP contribution in [0.5, 0.6) is 0 Å². The van der Waals surface area contributed by atoms with Crippen LogP contribution in [-0.4, -0.2) is 53.4 Å². The van der Waals surface area contributed by atoms with E-state index in [9.17, 15) is 4.79 Å². The van der Waals surface area contributed by atoms with Crippen molar-refractivity contribution >= 4 is 5.91 Å². The number of carbonyl (C=O) groups is 1. The lowest BCUT2D eigenvalue weighted by atomic mass is 10.2. The van der Waals surface area contributed by atoms with Gasteiger partial charge in [-0.15, -0.1) is 0 Å². The lowest BCUT2D eigenvalue weighted by Gasteiger charge is -2.34. The lowest BCUT2D eigenvalue weighted by Crippen LogP contribution is -2.49. The highest BCUT2D eigenvalue weighted by Crippen LogP contribution is 2.10. The van der Waals surface area contributed by atoms with E-state index in [4.69, 9.17) is 4.42 Å². The van der Waals surface area contributed by atoms with E-state index < -0.39 is 0 Å². The van der Waals surface area contributed by atoms with Crippen LogP contribution in [0.1, 0.15) is 17.0 Å². The molecule has 3 rings (SSSR count). The molecule has 0 unspecified atom stereocenters. The molecule has 0 spiro atoms. The van der Waals surface area contributed by atoms with Crippen molar-refractivity contribution in [2.24, 2.45) is 0 Å². The van der Waals surface area contributed by atoms with Gasteiger partial charge >= 0.3 is 0 Å². The molecule has 6 heteroatoms. The zero-order valence-electron chi connectivity index (χ0n) is 14.1. The van der Waals surface area contributed by atoms with E-state index in [0.717, 1.165) is 44.2 Å². The van der Waals surface area contributed by atoms with Crippen LogP contribution in [0.15, 0.2) is 41.1 Å². The number of rotatable bonds is 6. The zero-order chi connectivity index (χ0) is 16.8. The van der Waals surface area contributed by atoms with Gasteiger partial charge in [0.15, 0.2) is 0 Å². The number of nitrogens with one attached hydrogen (secondary N) is 1. The van der Waals surface area contributed by atoms with Gasteiger partial charge in [-0.2, -0.15) is 0 Å². The smallest absolute Gasteiger partial charge is 0.234 e. The molecule has 128 valence electrons. The molecule has 0 atom stereocenters. The third-order valence-corrected chi connectivity index (χ3v) is 4.36. The van der Waals surface area contributed by atoms with E-state index in [1.165, 1.54) is 5.56 Å². The van der Waals surface area contributed by atoms with Crippen LogP contribution in [0, 0.1) is 6.92 Å². The minimum absolute atomic E-state index is 0.0421. The van der Waals surface area contributed by atoms with E-state index in [1.807, 2.05) is 24.4 Å². The Morgan fingerprint density at radius 3 is 2.71 bits per heavy atom. The van der Waals surface area contributed by atoms with Gasteiger partial charge in [0, 0.05) is 38.9 Å². The highest BCUT2D eigenvalue weighted by Gasteiger charge is 2.19. The summed E-state index contributed by atoms with van der Waals surface area (Å²) in [5, 5.41) is 2.89. The quantitative estimate of drug-likeness (QED) is 0.869. The van der Waals surface area contributed by atoms with Crippen molar-refractivity contribution < 1.29 is 9.21 Å². The average Bonchev–Trinajstić information content (AvgIpc) is 3.10. The lowest BCUT2D eigenvalue weighted by molar-refractivity contribution is -0.122. The fraction of sp³-hybridized carbons (Fsp3) is 0.444. The zero-order valence-corrected chi connectivity index (χ0v) is 14.1. The van der Waals surface area contributed by atoms with E-state index in [-0.39, 0.29) is 5.91 Å². The number of amides is 1. The summed E-state index contributed by atoms with van der Waals surface area (Å²) >= 11 is 0. The molecule has 1 saturated heterocycles. The van der Waals surface area contributed by atoms with Crippen LogP contribution in [0.4, 0.5) is 0 Å². The molecule has 0 radical (unpaired) electrons. The molecular formula is C18H24N4O2. The molecule has 3 heterocycles. The summed E-state index contributed by atoms with van der Waals surface area (Å²) in [4.78, 5) is 21.1. The minimum atomic E-state index is 0.0421. The Hall–Kier alpha value is -2.18. The Morgan fingerprint density at radius 2 is 2.00 bits per heavy atom. The topological polar surface area (TPSA) is 61.6 Å². The number of pyridine rings is 1. The molecule has 0 bridgehead atoms. The molecular weight excluding hydrogens is 304 g/mol. The van der Waals surface area contributed by atoms with Crippen molar-refractivity contribution in [3.63, 3.8) is 0 Å². The van der Waals surface area contributed by atoms with Gasteiger partial charge in [0.1, 0.15) is 5.76 Å². The van der Waals surface area contributed by atoms with Crippen LogP contribution in [0.3, 0.4) is 0 Å². The number of hydrogen-bond acceptors (Lipinski definition) is 5. The number of hydrogen-bond donors (Lipinski definition) is 1. The van der Waals surface area contributed by atoms with Gasteiger partial charge in [-0.3, -0.25) is 19.6 Å². The maximum absolute atomic E-state index is 12.0. The SMILES string of the molecule is Cc1cccnc1CN1CCN(CC(=O)NCc2ccco2)CC1. The van der Waals surface area contributed by atoms with Crippen molar-refractivity contribution in [2.45, 2.75) is 20.0 Å². The van der Waals surface area contributed by atoms with Crippen LogP contribution in [-0.2, 0) is 17.9 Å². The summed E-state index contributed by atoms with van der Waals surface area (Å²) in [7, 11) is 0. The second-order valence-electron chi connectivity index (χ2n) is 6.18. The Labute approximate surface area is 142 Å².